The molecular weight excluding hydrogens is 212 g/mol. The van der Waals surface area contributed by atoms with Crippen molar-refractivity contribution in [3.63, 3.8) is 0 Å². The molecular formula is C14H16N2O. The molecule has 0 spiro atoms. The molecule has 1 aromatic carbocycles. The summed E-state index contributed by atoms with van der Waals surface area (Å²) in [6, 6.07) is 8.91. The average Bonchev–Trinajstić information content (AvgIpc) is 2.75. The van der Waals surface area contributed by atoms with Crippen LogP contribution in [0.3, 0.4) is 0 Å². The van der Waals surface area contributed by atoms with Crippen molar-refractivity contribution < 1.29 is 4.74 Å². The fraction of sp³-hybridized carbons (Fsp3) is 0.357. The highest BCUT2D eigenvalue weighted by Gasteiger charge is 2.20. The minimum absolute atomic E-state index is 0.145. The van der Waals surface area contributed by atoms with E-state index in [2.05, 4.69) is 35.3 Å². The average molecular weight is 228 g/mol. The molecule has 0 saturated carbocycles. The molecule has 88 valence electrons. The molecule has 1 unspecified atom stereocenters. The summed E-state index contributed by atoms with van der Waals surface area (Å²) in [6.45, 7) is 0.699. The fourth-order valence-corrected chi connectivity index (χ4v) is 2.49. The number of amidine groups is 1. The Morgan fingerprint density at radius 1 is 1.29 bits per heavy atom. The molecule has 1 aliphatic heterocycles. The molecule has 2 N–H and O–H groups in total. The molecule has 3 rings (SSSR count). The van der Waals surface area contributed by atoms with Gasteiger partial charge in [-0.15, -0.1) is 0 Å². The second kappa shape index (κ2) is 4.24. The first-order chi connectivity index (χ1) is 8.31. The van der Waals surface area contributed by atoms with Crippen LogP contribution in [0.2, 0.25) is 0 Å². The number of rotatable bonds is 2. The lowest BCUT2D eigenvalue weighted by Gasteiger charge is -2.18. The number of aryl methyl sites for hydroxylation is 1. The van der Waals surface area contributed by atoms with Gasteiger partial charge in [0.1, 0.15) is 6.10 Å². The minimum atomic E-state index is 0.145. The summed E-state index contributed by atoms with van der Waals surface area (Å²) in [5.41, 5.74) is 9.75. The number of nitrogens with zero attached hydrogens (tertiary/aromatic N) is 1. The van der Waals surface area contributed by atoms with Crippen LogP contribution in [0.1, 0.15) is 24.0 Å². The normalized spacial score (nSPS) is 22.5. The van der Waals surface area contributed by atoms with Crippen LogP contribution in [-0.2, 0) is 11.2 Å². The summed E-state index contributed by atoms with van der Waals surface area (Å²) >= 11 is 0. The van der Waals surface area contributed by atoms with Gasteiger partial charge in [-0.3, -0.25) is 0 Å². The third-order valence-electron chi connectivity index (χ3n) is 3.36. The van der Waals surface area contributed by atoms with Crippen molar-refractivity contribution >= 4 is 12.1 Å². The quantitative estimate of drug-likeness (QED) is 0.842. The monoisotopic (exact) mass is 228 g/mol. The number of nitrogens with two attached hydrogens (primary N) is 1. The Bertz CT molecular complexity index is 491. The molecule has 0 saturated heterocycles. The van der Waals surface area contributed by atoms with E-state index in [1.807, 2.05) is 0 Å². The number of hydrogen-bond acceptors (Lipinski definition) is 3. The standard InChI is InChI=1S/C14H16N2O/c15-14-16-9-13(17-14)8-10-5-6-11-3-1-2-4-12(11)7-10/h1-4,7,13H,5-6,8-9H2,(H2,15,16). The van der Waals surface area contributed by atoms with Crippen molar-refractivity contribution in [3.05, 3.63) is 41.0 Å². The first kappa shape index (κ1) is 10.4. The van der Waals surface area contributed by atoms with Crippen molar-refractivity contribution in [2.24, 2.45) is 10.7 Å². The first-order valence-electron chi connectivity index (χ1n) is 6.05. The molecule has 3 heteroatoms. The molecule has 2 aliphatic rings. The number of hydrogen-bond donors (Lipinski definition) is 1. The Morgan fingerprint density at radius 2 is 2.18 bits per heavy atom. The second-order valence-electron chi connectivity index (χ2n) is 4.62. The minimum Gasteiger partial charge on any atom is -0.460 e. The summed E-state index contributed by atoms with van der Waals surface area (Å²) < 4.78 is 5.44. The van der Waals surface area contributed by atoms with Crippen LogP contribution in [0, 0.1) is 0 Å². The van der Waals surface area contributed by atoms with Gasteiger partial charge in [0.05, 0.1) is 6.54 Å². The zero-order valence-electron chi connectivity index (χ0n) is 9.73. The number of ether oxygens (including phenoxy) is 1. The molecule has 1 heterocycles. The number of fused-ring (bicyclic) bond motifs is 1. The Morgan fingerprint density at radius 3 is 3.00 bits per heavy atom. The summed E-state index contributed by atoms with van der Waals surface area (Å²) in [4.78, 5) is 4.07. The molecule has 0 aromatic heterocycles. The lowest BCUT2D eigenvalue weighted by atomic mass is 9.90. The van der Waals surface area contributed by atoms with Gasteiger partial charge in [0.25, 0.3) is 6.02 Å². The van der Waals surface area contributed by atoms with Gasteiger partial charge in [-0.25, -0.2) is 4.99 Å². The molecule has 1 aromatic rings. The Balaban J connectivity index is 1.72. The van der Waals surface area contributed by atoms with Gasteiger partial charge in [0.15, 0.2) is 0 Å². The number of benzene rings is 1. The van der Waals surface area contributed by atoms with E-state index in [9.17, 15) is 0 Å². The van der Waals surface area contributed by atoms with Crippen molar-refractivity contribution in [3.8, 4) is 0 Å². The predicted molar refractivity (Wildman–Crippen MR) is 68.7 cm³/mol. The lowest BCUT2D eigenvalue weighted by molar-refractivity contribution is 0.220. The predicted octanol–water partition coefficient (Wildman–Crippen LogP) is 2.12. The van der Waals surface area contributed by atoms with Crippen molar-refractivity contribution in [1.82, 2.24) is 0 Å². The second-order valence-corrected chi connectivity index (χ2v) is 4.62. The topological polar surface area (TPSA) is 47.6 Å². The Labute approximate surface area is 101 Å². The van der Waals surface area contributed by atoms with Gasteiger partial charge in [0.2, 0.25) is 0 Å². The molecule has 3 nitrogen and oxygen atoms in total. The summed E-state index contributed by atoms with van der Waals surface area (Å²) in [7, 11) is 0. The van der Waals surface area contributed by atoms with E-state index in [0.717, 1.165) is 19.3 Å². The molecule has 17 heavy (non-hydrogen) atoms. The lowest BCUT2D eigenvalue weighted by Crippen LogP contribution is -2.19. The maximum atomic E-state index is 5.52. The van der Waals surface area contributed by atoms with E-state index in [-0.39, 0.29) is 6.10 Å². The molecule has 0 bridgehead atoms. The van der Waals surface area contributed by atoms with Crippen molar-refractivity contribution in [1.29, 1.82) is 0 Å². The number of aliphatic imine (C=N–C) groups is 1. The summed E-state index contributed by atoms with van der Waals surface area (Å²) in [5, 5.41) is 0. The van der Waals surface area contributed by atoms with Crippen LogP contribution in [0.15, 0.2) is 34.8 Å². The highest BCUT2D eigenvalue weighted by Crippen LogP contribution is 2.27. The van der Waals surface area contributed by atoms with E-state index in [1.54, 1.807) is 0 Å². The van der Waals surface area contributed by atoms with Crippen LogP contribution in [0.5, 0.6) is 0 Å². The van der Waals surface area contributed by atoms with Crippen LogP contribution < -0.4 is 5.73 Å². The van der Waals surface area contributed by atoms with Crippen molar-refractivity contribution in [2.45, 2.75) is 25.4 Å². The molecule has 1 atom stereocenters. The summed E-state index contributed by atoms with van der Waals surface area (Å²) in [5.74, 6) is 0. The van der Waals surface area contributed by atoms with Crippen molar-refractivity contribution in [2.75, 3.05) is 6.54 Å². The van der Waals surface area contributed by atoms with E-state index >= 15 is 0 Å². The van der Waals surface area contributed by atoms with Gasteiger partial charge >= 0.3 is 0 Å². The Hall–Kier alpha value is -1.77. The van der Waals surface area contributed by atoms with E-state index in [0.29, 0.717) is 12.6 Å². The van der Waals surface area contributed by atoms with Crippen LogP contribution in [-0.4, -0.2) is 18.7 Å². The van der Waals surface area contributed by atoms with E-state index in [4.69, 9.17) is 10.5 Å². The zero-order chi connectivity index (χ0) is 11.7. The summed E-state index contributed by atoms with van der Waals surface area (Å²) in [6.07, 6.45) is 5.63. The first-order valence-corrected chi connectivity index (χ1v) is 6.05. The van der Waals surface area contributed by atoms with Crippen LogP contribution >= 0.6 is 0 Å². The van der Waals surface area contributed by atoms with Crippen LogP contribution in [0.4, 0.5) is 0 Å². The van der Waals surface area contributed by atoms with Gasteiger partial charge < -0.3 is 10.5 Å². The van der Waals surface area contributed by atoms with E-state index < -0.39 is 0 Å². The largest absolute Gasteiger partial charge is 0.460 e. The third-order valence-corrected chi connectivity index (χ3v) is 3.36. The van der Waals surface area contributed by atoms with Gasteiger partial charge in [-0.05, 0) is 24.0 Å². The van der Waals surface area contributed by atoms with E-state index in [1.165, 1.54) is 16.7 Å². The van der Waals surface area contributed by atoms with Gasteiger partial charge in [-0.2, -0.15) is 0 Å². The molecule has 0 radical (unpaired) electrons. The van der Waals surface area contributed by atoms with Gasteiger partial charge in [0, 0.05) is 6.42 Å². The third kappa shape index (κ3) is 2.18. The molecule has 0 fully saturated rings. The Kier molecular flexibility index (Phi) is 2.59. The molecule has 1 aliphatic carbocycles. The highest BCUT2D eigenvalue weighted by atomic mass is 16.5. The fourth-order valence-electron chi connectivity index (χ4n) is 2.49. The highest BCUT2D eigenvalue weighted by molar-refractivity contribution is 5.73. The SMILES string of the molecule is NC1=NCC(CC2=Cc3ccccc3CC2)O1. The maximum absolute atomic E-state index is 5.52. The smallest absolute Gasteiger partial charge is 0.282 e. The van der Waals surface area contributed by atoms with Gasteiger partial charge in [-0.1, -0.05) is 35.9 Å². The molecule has 0 amide bonds. The maximum Gasteiger partial charge on any atom is 0.282 e. The van der Waals surface area contributed by atoms with Crippen LogP contribution in [0.25, 0.3) is 6.08 Å². The zero-order valence-corrected chi connectivity index (χ0v) is 9.73.